The summed E-state index contributed by atoms with van der Waals surface area (Å²) < 4.78 is 0.840. The Morgan fingerprint density at radius 1 is 1.21 bits per heavy atom. The molecule has 0 aliphatic carbocycles. The fourth-order valence-corrected chi connectivity index (χ4v) is 2.15. The number of aromatic nitrogens is 2. The van der Waals surface area contributed by atoms with Crippen LogP contribution in [0.1, 0.15) is 6.42 Å². The lowest BCUT2D eigenvalue weighted by atomic mass is 10.4. The minimum absolute atomic E-state index is 0.840. The van der Waals surface area contributed by atoms with E-state index in [-0.39, 0.29) is 0 Å². The van der Waals surface area contributed by atoms with Crippen molar-refractivity contribution in [1.82, 2.24) is 15.1 Å². The van der Waals surface area contributed by atoms with Crippen molar-refractivity contribution in [3.63, 3.8) is 0 Å². The summed E-state index contributed by atoms with van der Waals surface area (Å²) in [4.78, 5) is 4.32. The molecule has 1 aromatic heterocycles. The Bertz CT molecular complexity index is 276. The van der Waals surface area contributed by atoms with Gasteiger partial charge in [-0.3, -0.25) is 0 Å². The first-order chi connectivity index (χ1) is 6.59. The standard InChI is InChI=1S/C8H15BrN4S/c1-12(2)5-4-6-13(3)8-11-10-7(9)14-8/h4-6H2,1-3H3. The lowest BCUT2D eigenvalue weighted by Crippen LogP contribution is -2.23. The zero-order valence-corrected chi connectivity index (χ0v) is 11.1. The van der Waals surface area contributed by atoms with Gasteiger partial charge in [0.15, 0.2) is 3.92 Å². The molecule has 6 heteroatoms. The molecule has 0 bridgehead atoms. The third-order valence-corrected chi connectivity index (χ3v) is 3.29. The van der Waals surface area contributed by atoms with E-state index >= 15 is 0 Å². The molecule has 0 aromatic carbocycles. The highest BCUT2D eigenvalue weighted by Gasteiger charge is 2.06. The predicted molar refractivity (Wildman–Crippen MR) is 64.1 cm³/mol. The Morgan fingerprint density at radius 3 is 2.43 bits per heavy atom. The second kappa shape index (κ2) is 5.63. The smallest absolute Gasteiger partial charge is 0.208 e. The van der Waals surface area contributed by atoms with E-state index in [4.69, 9.17) is 0 Å². The lowest BCUT2D eigenvalue weighted by Gasteiger charge is -2.16. The van der Waals surface area contributed by atoms with Gasteiger partial charge in [-0.05, 0) is 43.0 Å². The second-order valence-electron chi connectivity index (χ2n) is 3.42. The van der Waals surface area contributed by atoms with Gasteiger partial charge in [-0.25, -0.2) is 0 Å². The molecule has 0 unspecified atom stereocenters. The van der Waals surface area contributed by atoms with Crippen LogP contribution in [0.15, 0.2) is 3.92 Å². The molecular formula is C8H15BrN4S. The summed E-state index contributed by atoms with van der Waals surface area (Å²) in [6.07, 6.45) is 1.14. The predicted octanol–water partition coefficient (Wildman–Crippen LogP) is 1.69. The molecule has 1 rings (SSSR count). The van der Waals surface area contributed by atoms with E-state index in [1.54, 1.807) is 11.3 Å². The van der Waals surface area contributed by atoms with Crippen molar-refractivity contribution < 1.29 is 0 Å². The van der Waals surface area contributed by atoms with Gasteiger partial charge in [0, 0.05) is 13.6 Å². The summed E-state index contributed by atoms with van der Waals surface area (Å²) in [6.45, 7) is 2.12. The minimum atomic E-state index is 0.840. The van der Waals surface area contributed by atoms with Crippen molar-refractivity contribution in [2.75, 3.05) is 39.1 Å². The van der Waals surface area contributed by atoms with Crippen LogP contribution in [0.3, 0.4) is 0 Å². The zero-order valence-electron chi connectivity index (χ0n) is 8.70. The Labute approximate surface area is 97.1 Å². The number of hydrogen-bond donors (Lipinski definition) is 0. The third-order valence-electron chi connectivity index (χ3n) is 1.82. The Hall–Kier alpha value is -0.200. The molecule has 1 heterocycles. The van der Waals surface area contributed by atoms with E-state index in [9.17, 15) is 0 Å². The Kier molecular flexibility index (Phi) is 4.77. The molecule has 0 amide bonds. The summed E-state index contributed by atoms with van der Waals surface area (Å²) >= 11 is 4.86. The first-order valence-electron chi connectivity index (χ1n) is 4.44. The molecular weight excluding hydrogens is 264 g/mol. The summed E-state index contributed by atoms with van der Waals surface area (Å²) in [7, 11) is 6.21. The number of nitrogens with zero attached hydrogens (tertiary/aromatic N) is 4. The van der Waals surface area contributed by atoms with E-state index < -0.39 is 0 Å². The summed E-state index contributed by atoms with van der Waals surface area (Å²) in [5.74, 6) is 0. The maximum atomic E-state index is 4.05. The van der Waals surface area contributed by atoms with Crippen LogP contribution in [-0.2, 0) is 0 Å². The van der Waals surface area contributed by atoms with E-state index in [0.717, 1.165) is 28.6 Å². The molecule has 0 atom stereocenters. The second-order valence-corrected chi connectivity index (χ2v) is 5.65. The van der Waals surface area contributed by atoms with Crippen molar-refractivity contribution in [3.05, 3.63) is 3.92 Å². The highest BCUT2D eigenvalue weighted by atomic mass is 79.9. The van der Waals surface area contributed by atoms with E-state index in [0.29, 0.717) is 0 Å². The first kappa shape index (κ1) is 11.9. The van der Waals surface area contributed by atoms with Crippen LogP contribution in [0.2, 0.25) is 0 Å². The van der Waals surface area contributed by atoms with E-state index in [1.165, 1.54) is 0 Å². The summed E-state index contributed by atoms with van der Waals surface area (Å²) in [5, 5.41) is 8.93. The zero-order chi connectivity index (χ0) is 10.6. The fraction of sp³-hybridized carbons (Fsp3) is 0.750. The van der Waals surface area contributed by atoms with Crippen LogP contribution in [0.25, 0.3) is 0 Å². The number of hydrogen-bond acceptors (Lipinski definition) is 5. The van der Waals surface area contributed by atoms with Crippen LogP contribution < -0.4 is 4.90 Å². The quantitative estimate of drug-likeness (QED) is 0.821. The molecule has 0 spiro atoms. The molecule has 1 aromatic rings. The SMILES string of the molecule is CN(C)CCCN(C)c1nnc(Br)s1. The van der Waals surface area contributed by atoms with Gasteiger partial charge in [-0.2, -0.15) is 0 Å². The molecule has 0 saturated heterocycles. The topological polar surface area (TPSA) is 32.3 Å². The third kappa shape index (κ3) is 3.89. The maximum absolute atomic E-state index is 4.05. The molecule has 80 valence electrons. The molecule has 0 saturated carbocycles. The molecule has 0 N–H and O–H groups in total. The number of anilines is 1. The van der Waals surface area contributed by atoms with Gasteiger partial charge >= 0.3 is 0 Å². The van der Waals surface area contributed by atoms with Gasteiger partial charge in [-0.1, -0.05) is 11.3 Å². The van der Waals surface area contributed by atoms with Crippen LogP contribution >= 0.6 is 27.3 Å². The monoisotopic (exact) mass is 278 g/mol. The molecule has 0 aliphatic rings. The maximum Gasteiger partial charge on any atom is 0.208 e. The van der Waals surface area contributed by atoms with Gasteiger partial charge < -0.3 is 9.80 Å². The molecule has 14 heavy (non-hydrogen) atoms. The van der Waals surface area contributed by atoms with E-state index in [1.807, 2.05) is 7.05 Å². The normalized spacial score (nSPS) is 10.9. The highest BCUT2D eigenvalue weighted by molar-refractivity contribution is 9.11. The van der Waals surface area contributed by atoms with E-state index in [2.05, 4.69) is 50.0 Å². The van der Waals surface area contributed by atoms with Gasteiger partial charge in [0.05, 0.1) is 0 Å². The molecule has 0 radical (unpaired) electrons. The Balaban J connectivity index is 2.32. The molecule has 0 aliphatic heterocycles. The molecule has 0 fully saturated rings. The van der Waals surface area contributed by atoms with Crippen LogP contribution in [0.4, 0.5) is 5.13 Å². The summed E-state index contributed by atoms with van der Waals surface area (Å²) in [6, 6.07) is 0. The van der Waals surface area contributed by atoms with Gasteiger partial charge in [0.1, 0.15) is 0 Å². The van der Waals surface area contributed by atoms with Crippen molar-refractivity contribution in [3.8, 4) is 0 Å². The van der Waals surface area contributed by atoms with Gasteiger partial charge in [0.25, 0.3) is 0 Å². The van der Waals surface area contributed by atoms with Crippen LogP contribution in [-0.4, -0.2) is 49.3 Å². The van der Waals surface area contributed by atoms with Crippen LogP contribution in [0, 0.1) is 0 Å². The average molecular weight is 279 g/mol. The summed E-state index contributed by atoms with van der Waals surface area (Å²) in [5.41, 5.74) is 0. The average Bonchev–Trinajstić information content (AvgIpc) is 2.51. The molecule has 4 nitrogen and oxygen atoms in total. The highest BCUT2D eigenvalue weighted by Crippen LogP contribution is 2.22. The number of halogens is 1. The fourth-order valence-electron chi connectivity index (χ4n) is 1.07. The number of rotatable bonds is 5. The largest absolute Gasteiger partial charge is 0.350 e. The first-order valence-corrected chi connectivity index (χ1v) is 6.05. The van der Waals surface area contributed by atoms with Crippen molar-refractivity contribution >= 4 is 32.4 Å². The Morgan fingerprint density at radius 2 is 1.93 bits per heavy atom. The van der Waals surface area contributed by atoms with Crippen molar-refractivity contribution in [2.45, 2.75) is 6.42 Å². The van der Waals surface area contributed by atoms with Gasteiger partial charge in [0.2, 0.25) is 5.13 Å². The van der Waals surface area contributed by atoms with Gasteiger partial charge in [-0.15, -0.1) is 10.2 Å². The van der Waals surface area contributed by atoms with Crippen molar-refractivity contribution in [1.29, 1.82) is 0 Å². The van der Waals surface area contributed by atoms with Crippen LogP contribution in [0.5, 0.6) is 0 Å². The minimum Gasteiger partial charge on any atom is -0.350 e. The lowest BCUT2D eigenvalue weighted by molar-refractivity contribution is 0.401. The van der Waals surface area contributed by atoms with Crippen molar-refractivity contribution in [2.24, 2.45) is 0 Å².